The van der Waals surface area contributed by atoms with E-state index in [4.69, 9.17) is 9.47 Å². The molecular weight excluding hydrogens is 539 g/mol. The van der Waals surface area contributed by atoms with Gasteiger partial charge in [0, 0.05) is 35.7 Å². The maximum absolute atomic E-state index is 13.7. The quantitative estimate of drug-likeness (QED) is 0.239. The second-order valence-electron chi connectivity index (χ2n) is 10.0. The fraction of sp³-hybridized carbons (Fsp3) is 0.290. The Morgan fingerprint density at radius 3 is 2.39 bits per heavy atom. The zero-order valence-corrected chi connectivity index (χ0v) is 22.7. The molecule has 0 radical (unpaired) electrons. The number of aliphatic carboxylic acids is 1. The third-order valence-electron chi connectivity index (χ3n) is 7.65. The van der Waals surface area contributed by atoms with Crippen LogP contribution in [0.15, 0.2) is 60.7 Å². The number of nitrogens with zero attached hydrogens (tertiary/aromatic N) is 1. The third-order valence-corrected chi connectivity index (χ3v) is 7.65. The Morgan fingerprint density at radius 1 is 1.05 bits per heavy atom. The van der Waals surface area contributed by atoms with E-state index in [1.54, 1.807) is 48.7 Å². The first kappa shape index (κ1) is 28.1. The van der Waals surface area contributed by atoms with Crippen molar-refractivity contribution in [2.45, 2.75) is 51.6 Å². The van der Waals surface area contributed by atoms with Crippen molar-refractivity contribution < 1.29 is 42.1 Å². The second-order valence-corrected chi connectivity index (χ2v) is 10.0. The molecule has 0 saturated carbocycles. The Balaban J connectivity index is 1.59. The highest BCUT2D eigenvalue weighted by Crippen LogP contribution is 2.38. The lowest BCUT2D eigenvalue weighted by molar-refractivity contribution is -0.274. The molecule has 2 heterocycles. The largest absolute Gasteiger partial charge is 0.573 e. The van der Waals surface area contributed by atoms with Crippen LogP contribution in [0, 0.1) is 6.92 Å². The molecule has 41 heavy (non-hydrogen) atoms. The summed E-state index contributed by atoms with van der Waals surface area (Å²) in [6.07, 6.45) is -3.69. The second kappa shape index (κ2) is 10.5. The molecule has 0 unspecified atom stereocenters. The molecule has 4 aromatic rings. The molecule has 0 saturated heterocycles. The van der Waals surface area contributed by atoms with E-state index >= 15 is 0 Å². The number of fused-ring (bicyclic) bond motifs is 2. The Labute approximate surface area is 234 Å². The van der Waals surface area contributed by atoms with Crippen molar-refractivity contribution in [2.75, 3.05) is 7.11 Å². The van der Waals surface area contributed by atoms with Gasteiger partial charge in [-0.25, -0.2) is 4.79 Å². The lowest BCUT2D eigenvalue weighted by Gasteiger charge is -2.34. The lowest BCUT2D eigenvalue weighted by Crippen LogP contribution is -2.46. The summed E-state index contributed by atoms with van der Waals surface area (Å²) in [6, 6.07) is 16.0. The van der Waals surface area contributed by atoms with Crippen molar-refractivity contribution >= 4 is 22.7 Å². The molecule has 0 aliphatic carbocycles. The SMILES string of the molecule is CC[C@]1(C(=O)O)CCc2ccc(Cn3c(C)c(C(=O)c4ccc(OC)cc4)c4ccc(OC(F)(F)F)cc43)cc2O1. The first-order valence-corrected chi connectivity index (χ1v) is 13.1. The van der Waals surface area contributed by atoms with E-state index in [9.17, 15) is 27.9 Å². The number of carboxylic acids is 1. The van der Waals surface area contributed by atoms with Crippen molar-refractivity contribution in [3.63, 3.8) is 0 Å². The molecule has 3 aromatic carbocycles. The zero-order chi connectivity index (χ0) is 29.5. The first-order chi connectivity index (χ1) is 19.4. The fourth-order valence-corrected chi connectivity index (χ4v) is 5.36. The van der Waals surface area contributed by atoms with Crippen molar-refractivity contribution in [2.24, 2.45) is 0 Å². The number of halogens is 3. The number of ketones is 1. The minimum atomic E-state index is -4.88. The lowest BCUT2D eigenvalue weighted by atomic mass is 9.88. The molecule has 214 valence electrons. The highest BCUT2D eigenvalue weighted by molar-refractivity contribution is 6.17. The number of aromatic nitrogens is 1. The number of carboxylic acid groups (broad SMARTS) is 1. The number of ether oxygens (including phenoxy) is 3. The van der Waals surface area contributed by atoms with E-state index < -0.39 is 23.7 Å². The van der Waals surface area contributed by atoms with Crippen molar-refractivity contribution in [3.05, 3.63) is 88.6 Å². The molecular formula is C31H28F3NO6. The Morgan fingerprint density at radius 2 is 1.76 bits per heavy atom. The topological polar surface area (TPSA) is 87.0 Å². The maximum Gasteiger partial charge on any atom is 0.573 e. The van der Waals surface area contributed by atoms with Gasteiger partial charge in [0.05, 0.1) is 18.2 Å². The fourth-order valence-electron chi connectivity index (χ4n) is 5.36. The van der Waals surface area contributed by atoms with Crippen LogP contribution in [0.5, 0.6) is 17.2 Å². The average molecular weight is 568 g/mol. The molecule has 1 N–H and O–H groups in total. The summed E-state index contributed by atoms with van der Waals surface area (Å²) >= 11 is 0. The molecule has 0 spiro atoms. The molecule has 1 atom stereocenters. The van der Waals surface area contributed by atoms with Crippen LogP contribution in [-0.2, 0) is 17.8 Å². The van der Waals surface area contributed by atoms with Gasteiger partial charge in [-0.3, -0.25) is 4.79 Å². The molecule has 5 rings (SSSR count). The van der Waals surface area contributed by atoms with Crippen LogP contribution in [0.3, 0.4) is 0 Å². The number of carbonyl (C=O) groups excluding carboxylic acids is 1. The van der Waals surface area contributed by atoms with Gasteiger partial charge in [-0.1, -0.05) is 19.1 Å². The molecule has 0 amide bonds. The molecule has 0 fully saturated rings. The summed E-state index contributed by atoms with van der Waals surface area (Å²) in [7, 11) is 1.52. The Bertz CT molecular complexity index is 1640. The number of hydrogen-bond donors (Lipinski definition) is 1. The summed E-state index contributed by atoms with van der Waals surface area (Å²) in [6.45, 7) is 3.69. The number of benzene rings is 3. The van der Waals surface area contributed by atoms with Crippen molar-refractivity contribution in [1.82, 2.24) is 4.57 Å². The molecule has 10 heteroatoms. The molecule has 0 bridgehead atoms. The van der Waals surface area contributed by atoms with Crippen molar-refractivity contribution in [1.29, 1.82) is 0 Å². The van der Waals surface area contributed by atoms with Gasteiger partial charge in [0.25, 0.3) is 0 Å². The Hall–Kier alpha value is -4.47. The predicted molar refractivity (Wildman–Crippen MR) is 145 cm³/mol. The standard InChI is InChI=1S/C31H28F3NO6/c1-4-30(29(37)38)14-13-20-6-5-19(15-26(20)41-30)17-35-18(2)27(28(36)21-7-9-22(39-3)10-8-21)24-12-11-23(16-25(24)35)40-31(32,33)34/h5-12,15-16H,4,13-14,17H2,1-3H3,(H,37,38)/t30-/m1/s1. The van der Waals surface area contributed by atoms with E-state index in [0.717, 1.165) is 11.1 Å². The van der Waals surface area contributed by atoms with E-state index in [-0.39, 0.29) is 12.3 Å². The van der Waals surface area contributed by atoms with E-state index in [0.29, 0.717) is 58.5 Å². The number of rotatable bonds is 8. The number of alkyl halides is 3. The van der Waals surface area contributed by atoms with Gasteiger partial charge >= 0.3 is 12.3 Å². The minimum absolute atomic E-state index is 0.191. The highest BCUT2D eigenvalue weighted by atomic mass is 19.4. The third kappa shape index (κ3) is 5.33. The number of aryl methyl sites for hydroxylation is 1. The van der Waals surface area contributed by atoms with Crippen LogP contribution < -0.4 is 14.2 Å². The highest BCUT2D eigenvalue weighted by Gasteiger charge is 2.42. The zero-order valence-electron chi connectivity index (χ0n) is 22.7. The summed E-state index contributed by atoms with van der Waals surface area (Å²) < 4.78 is 56.3. The molecule has 1 aromatic heterocycles. The number of methoxy groups -OCH3 is 1. The van der Waals surface area contributed by atoms with Crippen LogP contribution in [0.4, 0.5) is 13.2 Å². The molecule has 1 aliphatic rings. The summed E-state index contributed by atoms with van der Waals surface area (Å²) in [5.41, 5.74) is 1.98. The predicted octanol–water partition coefficient (Wildman–Crippen LogP) is 6.69. The van der Waals surface area contributed by atoms with Crippen LogP contribution in [-0.4, -0.2) is 40.5 Å². The normalized spacial score (nSPS) is 16.6. The monoisotopic (exact) mass is 567 g/mol. The van der Waals surface area contributed by atoms with E-state index in [2.05, 4.69) is 4.74 Å². The minimum Gasteiger partial charge on any atom is -0.497 e. The average Bonchev–Trinajstić information content (AvgIpc) is 3.21. The number of carbonyl (C=O) groups is 2. The Kier molecular flexibility index (Phi) is 7.19. The van der Waals surface area contributed by atoms with E-state index in [1.807, 2.05) is 12.1 Å². The van der Waals surface area contributed by atoms with Gasteiger partial charge in [0.1, 0.15) is 17.2 Å². The van der Waals surface area contributed by atoms with Gasteiger partial charge in [0.2, 0.25) is 5.60 Å². The maximum atomic E-state index is 13.7. The summed E-state index contributed by atoms with van der Waals surface area (Å²) in [5.74, 6) is -0.680. The molecule has 7 nitrogen and oxygen atoms in total. The summed E-state index contributed by atoms with van der Waals surface area (Å²) in [4.78, 5) is 25.7. The van der Waals surface area contributed by atoms with Gasteiger partial charge in [0.15, 0.2) is 5.78 Å². The van der Waals surface area contributed by atoms with Gasteiger partial charge in [-0.05, 0) is 73.4 Å². The van der Waals surface area contributed by atoms with Crippen LogP contribution in [0.2, 0.25) is 0 Å². The van der Waals surface area contributed by atoms with Crippen LogP contribution >= 0.6 is 0 Å². The summed E-state index contributed by atoms with van der Waals surface area (Å²) in [5, 5.41) is 10.3. The van der Waals surface area contributed by atoms with Gasteiger partial charge < -0.3 is 23.9 Å². The van der Waals surface area contributed by atoms with E-state index in [1.165, 1.54) is 25.3 Å². The van der Waals surface area contributed by atoms with Crippen LogP contribution in [0.1, 0.15) is 52.5 Å². The molecule has 1 aliphatic heterocycles. The van der Waals surface area contributed by atoms with Gasteiger partial charge in [-0.15, -0.1) is 13.2 Å². The smallest absolute Gasteiger partial charge is 0.497 e. The first-order valence-electron chi connectivity index (χ1n) is 13.1. The number of hydrogen-bond acceptors (Lipinski definition) is 5. The van der Waals surface area contributed by atoms with Crippen molar-refractivity contribution in [3.8, 4) is 17.2 Å². The van der Waals surface area contributed by atoms with Gasteiger partial charge in [-0.2, -0.15) is 0 Å². The van der Waals surface area contributed by atoms with Crippen LogP contribution in [0.25, 0.3) is 10.9 Å².